The first kappa shape index (κ1) is 22.9. The lowest BCUT2D eigenvalue weighted by Gasteiger charge is -2.28. The maximum atomic E-state index is 13.0. The Kier molecular flexibility index (Phi) is 9.26. The highest BCUT2D eigenvalue weighted by atomic mass is 16.6. The maximum Gasteiger partial charge on any atom is 0.307 e. The Balaban J connectivity index is 2.67. The van der Waals surface area contributed by atoms with Crippen molar-refractivity contribution >= 4 is 17.8 Å². The molecule has 1 unspecified atom stereocenters. The van der Waals surface area contributed by atoms with E-state index in [9.17, 15) is 14.4 Å². The summed E-state index contributed by atoms with van der Waals surface area (Å²) in [4.78, 5) is 38.6. The summed E-state index contributed by atoms with van der Waals surface area (Å²) >= 11 is 0. The molecule has 1 aliphatic heterocycles. The van der Waals surface area contributed by atoms with Crippen LogP contribution in [-0.4, -0.2) is 47.5 Å². The highest BCUT2D eigenvalue weighted by Gasteiger charge is 2.35. The molecule has 1 amide bonds. The summed E-state index contributed by atoms with van der Waals surface area (Å²) in [5.41, 5.74) is -0.589. The number of allylic oxidation sites excluding steroid dienone is 2. The Morgan fingerprint density at radius 1 is 1.19 bits per heavy atom. The predicted molar refractivity (Wildman–Crippen MR) is 104 cm³/mol. The summed E-state index contributed by atoms with van der Waals surface area (Å²) in [6, 6.07) is -0.142. The number of nitrogens with zero attached hydrogens (tertiary/aromatic N) is 1. The number of amides is 1. The second-order valence-corrected chi connectivity index (χ2v) is 7.85. The average Bonchev–Trinajstić information content (AvgIpc) is 3.03. The Bertz CT molecular complexity index is 549. The first-order valence-corrected chi connectivity index (χ1v) is 9.57. The van der Waals surface area contributed by atoms with Crippen LogP contribution in [-0.2, 0) is 23.9 Å². The van der Waals surface area contributed by atoms with Gasteiger partial charge in [-0.05, 0) is 46.5 Å². The molecule has 6 nitrogen and oxygen atoms in total. The Labute approximate surface area is 162 Å². The molecule has 0 aromatic carbocycles. The summed E-state index contributed by atoms with van der Waals surface area (Å²) in [5, 5.41) is 0. The monoisotopic (exact) mass is 379 g/mol. The van der Waals surface area contributed by atoms with E-state index in [1.54, 1.807) is 37.8 Å². The van der Waals surface area contributed by atoms with Crippen molar-refractivity contribution in [3.8, 4) is 0 Å². The topological polar surface area (TPSA) is 72.9 Å². The largest absolute Gasteiger partial charge is 0.463 e. The van der Waals surface area contributed by atoms with Gasteiger partial charge in [0.2, 0.25) is 5.91 Å². The highest BCUT2D eigenvalue weighted by Crippen LogP contribution is 2.24. The molecule has 1 rings (SSSR count). The fraction of sp³-hybridized carbons (Fsp3) is 0.667. The van der Waals surface area contributed by atoms with Gasteiger partial charge >= 0.3 is 11.9 Å². The van der Waals surface area contributed by atoms with Crippen LogP contribution in [0.25, 0.3) is 0 Å². The molecule has 27 heavy (non-hydrogen) atoms. The van der Waals surface area contributed by atoms with Crippen molar-refractivity contribution in [3.63, 3.8) is 0 Å². The summed E-state index contributed by atoms with van der Waals surface area (Å²) in [7, 11) is 0. The molecular weight excluding hydrogens is 346 g/mol. The summed E-state index contributed by atoms with van der Waals surface area (Å²) in [6.45, 7) is 13.5. The number of ether oxygens (including phenoxy) is 2. The van der Waals surface area contributed by atoms with Gasteiger partial charge in [0.05, 0.1) is 18.4 Å². The molecule has 0 aromatic rings. The predicted octanol–water partition coefficient (Wildman–Crippen LogP) is 3.41. The van der Waals surface area contributed by atoms with E-state index < -0.39 is 17.5 Å². The number of esters is 2. The molecule has 0 bridgehead atoms. The lowest BCUT2D eigenvalue weighted by Crippen LogP contribution is -2.43. The zero-order chi connectivity index (χ0) is 20.4. The van der Waals surface area contributed by atoms with E-state index >= 15 is 0 Å². The molecule has 0 aromatic heterocycles. The second-order valence-electron chi connectivity index (χ2n) is 7.85. The van der Waals surface area contributed by atoms with Crippen LogP contribution in [0, 0.1) is 5.92 Å². The van der Waals surface area contributed by atoms with Gasteiger partial charge in [0.25, 0.3) is 0 Å². The second kappa shape index (κ2) is 10.9. The van der Waals surface area contributed by atoms with E-state index in [2.05, 4.69) is 13.2 Å². The number of rotatable bonds is 10. The van der Waals surface area contributed by atoms with Crippen LogP contribution >= 0.6 is 0 Å². The van der Waals surface area contributed by atoms with Gasteiger partial charge in [-0.15, -0.1) is 13.2 Å². The van der Waals surface area contributed by atoms with Gasteiger partial charge in [-0.2, -0.15) is 0 Å². The minimum absolute atomic E-state index is 0.0183. The van der Waals surface area contributed by atoms with Gasteiger partial charge in [-0.25, -0.2) is 0 Å². The summed E-state index contributed by atoms with van der Waals surface area (Å²) in [5.74, 6) is -1.29. The summed E-state index contributed by atoms with van der Waals surface area (Å²) < 4.78 is 10.7. The van der Waals surface area contributed by atoms with E-state index in [0.29, 0.717) is 25.8 Å². The van der Waals surface area contributed by atoms with Crippen molar-refractivity contribution in [3.05, 3.63) is 25.3 Å². The number of hydrogen-bond acceptors (Lipinski definition) is 5. The molecule has 6 heteroatoms. The number of likely N-dealkylation sites (tertiary alicyclic amines) is 1. The molecular formula is C21H33NO5. The van der Waals surface area contributed by atoms with Crippen molar-refractivity contribution in [1.29, 1.82) is 0 Å². The van der Waals surface area contributed by atoms with Crippen LogP contribution in [0.3, 0.4) is 0 Å². The van der Waals surface area contributed by atoms with Crippen molar-refractivity contribution in [2.24, 2.45) is 5.92 Å². The molecule has 1 aliphatic rings. The SMILES string of the molecule is C=CCCC(=O)OC[C@@H]1CCCN1C(=O)C(CC=C)CC(=O)OC(C)(C)C. The molecule has 0 aliphatic carbocycles. The molecule has 0 spiro atoms. The van der Waals surface area contributed by atoms with E-state index in [1.165, 1.54) is 0 Å². The first-order chi connectivity index (χ1) is 12.7. The van der Waals surface area contributed by atoms with Crippen LogP contribution in [0.5, 0.6) is 0 Å². The number of hydrogen-bond donors (Lipinski definition) is 0. The van der Waals surface area contributed by atoms with E-state index in [0.717, 1.165) is 12.8 Å². The molecule has 1 fully saturated rings. The third kappa shape index (κ3) is 8.41. The van der Waals surface area contributed by atoms with Crippen LogP contribution in [0.4, 0.5) is 0 Å². The standard InChI is InChI=1S/C21H33NO5/c1-6-8-12-18(23)26-15-17-11-9-13-22(17)20(25)16(10-7-2)14-19(24)27-21(3,4)5/h6-7,16-17H,1-2,8-15H2,3-5H3/t16?,17-/m0/s1. The van der Waals surface area contributed by atoms with Crippen molar-refractivity contribution in [2.75, 3.05) is 13.2 Å². The molecule has 0 radical (unpaired) electrons. The Morgan fingerprint density at radius 2 is 1.89 bits per heavy atom. The first-order valence-electron chi connectivity index (χ1n) is 9.57. The third-order valence-electron chi connectivity index (χ3n) is 4.28. The zero-order valence-electron chi connectivity index (χ0n) is 16.9. The van der Waals surface area contributed by atoms with E-state index in [-0.39, 0.29) is 30.9 Å². The zero-order valence-corrected chi connectivity index (χ0v) is 16.9. The number of carbonyl (C=O) groups is 3. The van der Waals surface area contributed by atoms with Gasteiger partial charge in [0, 0.05) is 13.0 Å². The summed E-state index contributed by atoms with van der Waals surface area (Å²) in [6.07, 6.45) is 6.24. The van der Waals surface area contributed by atoms with Gasteiger partial charge in [-0.3, -0.25) is 14.4 Å². The molecule has 2 atom stereocenters. The van der Waals surface area contributed by atoms with Gasteiger partial charge < -0.3 is 14.4 Å². The van der Waals surface area contributed by atoms with E-state index in [4.69, 9.17) is 9.47 Å². The normalized spacial score (nSPS) is 17.9. The minimum atomic E-state index is -0.589. The van der Waals surface area contributed by atoms with Crippen molar-refractivity contribution < 1.29 is 23.9 Å². The van der Waals surface area contributed by atoms with Crippen molar-refractivity contribution in [2.45, 2.75) is 70.9 Å². The molecule has 1 heterocycles. The van der Waals surface area contributed by atoms with E-state index in [1.807, 2.05) is 0 Å². The maximum absolute atomic E-state index is 13.0. The molecule has 1 saturated heterocycles. The van der Waals surface area contributed by atoms with Gasteiger partial charge in [-0.1, -0.05) is 12.2 Å². The molecule has 0 N–H and O–H groups in total. The van der Waals surface area contributed by atoms with Gasteiger partial charge in [0.1, 0.15) is 12.2 Å². The van der Waals surface area contributed by atoms with Gasteiger partial charge in [0.15, 0.2) is 0 Å². The minimum Gasteiger partial charge on any atom is -0.463 e. The van der Waals surface area contributed by atoms with Crippen LogP contribution in [0.2, 0.25) is 0 Å². The smallest absolute Gasteiger partial charge is 0.307 e. The lowest BCUT2D eigenvalue weighted by molar-refractivity contribution is -0.158. The average molecular weight is 379 g/mol. The van der Waals surface area contributed by atoms with Crippen LogP contribution in [0.15, 0.2) is 25.3 Å². The lowest BCUT2D eigenvalue weighted by atomic mass is 9.99. The quantitative estimate of drug-likeness (QED) is 0.430. The van der Waals surface area contributed by atoms with Crippen LogP contribution in [0.1, 0.15) is 59.3 Å². The fourth-order valence-corrected chi connectivity index (χ4v) is 3.07. The third-order valence-corrected chi connectivity index (χ3v) is 4.28. The van der Waals surface area contributed by atoms with Crippen molar-refractivity contribution in [1.82, 2.24) is 4.90 Å². The van der Waals surface area contributed by atoms with Crippen LogP contribution < -0.4 is 0 Å². The Hall–Kier alpha value is -2.11. The molecule has 0 saturated carbocycles. The fourth-order valence-electron chi connectivity index (χ4n) is 3.07. The molecule has 152 valence electrons. The Morgan fingerprint density at radius 3 is 2.48 bits per heavy atom. The number of carbonyl (C=O) groups excluding carboxylic acids is 3. The highest BCUT2D eigenvalue weighted by molar-refractivity contribution is 5.84.